The average Bonchev–Trinajstić information content (AvgIpc) is 3.07. The van der Waals surface area contributed by atoms with Gasteiger partial charge in [-0.15, -0.1) is 11.3 Å². The summed E-state index contributed by atoms with van der Waals surface area (Å²) in [6.45, 7) is 3.54. The van der Waals surface area contributed by atoms with Crippen LogP contribution in [0.1, 0.15) is 25.1 Å². The maximum atomic E-state index is 12.5. The molecule has 134 valence electrons. The summed E-state index contributed by atoms with van der Waals surface area (Å²) >= 11 is 0.703. The molecule has 1 amide bonds. The van der Waals surface area contributed by atoms with Crippen molar-refractivity contribution < 1.29 is 27.4 Å². The van der Waals surface area contributed by atoms with Gasteiger partial charge < -0.3 is 9.47 Å². The predicted molar refractivity (Wildman–Crippen MR) is 86.1 cm³/mol. The lowest BCUT2D eigenvalue weighted by molar-refractivity contribution is -0.140. The van der Waals surface area contributed by atoms with Crippen LogP contribution in [0.2, 0.25) is 0 Å². The van der Waals surface area contributed by atoms with Crippen LogP contribution in [0.25, 0.3) is 0 Å². The first kappa shape index (κ1) is 17.5. The first-order valence-corrected chi connectivity index (χ1v) is 8.28. The number of benzene rings is 1. The molecule has 0 aliphatic carbocycles. The third-order valence-corrected chi connectivity index (χ3v) is 4.21. The molecule has 2 aromatic rings. The highest BCUT2D eigenvalue weighted by Gasteiger charge is 2.34. The summed E-state index contributed by atoms with van der Waals surface area (Å²) in [6, 6.07) is 5.40. The summed E-state index contributed by atoms with van der Waals surface area (Å²) in [6.07, 6.45) is -3.81. The number of halogens is 3. The molecule has 0 saturated heterocycles. The number of para-hydroxylation sites is 1. The number of aromatic nitrogens is 1. The topological polar surface area (TPSA) is 60.5 Å². The summed E-state index contributed by atoms with van der Waals surface area (Å²) in [5, 5.41) is 3.01. The second-order valence-corrected chi connectivity index (χ2v) is 7.01. The number of hydrogen-bond donors (Lipinski definition) is 1. The molecule has 0 unspecified atom stereocenters. The van der Waals surface area contributed by atoms with Gasteiger partial charge in [0.1, 0.15) is 5.60 Å². The van der Waals surface area contributed by atoms with Crippen LogP contribution in [0.5, 0.6) is 11.5 Å². The van der Waals surface area contributed by atoms with Gasteiger partial charge in [-0.25, -0.2) is 4.98 Å². The molecule has 1 aliphatic heterocycles. The van der Waals surface area contributed by atoms with E-state index in [1.807, 2.05) is 19.9 Å². The first-order valence-electron chi connectivity index (χ1n) is 7.40. The lowest BCUT2D eigenvalue weighted by Crippen LogP contribution is -2.25. The van der Waals surface area contributed by atoms with Gasteiger partial charge in [-0.1, -0.05) is 12.1 Å². The Balaban J connectivity index is 1.61. The Labute approximate surface area is 145 Å². The van der Waals surface area contributed by atoms with Crippen LogP contribution < -0.4 is 14.8 Å². The van der Waals surface area contributed by atoms with Gasteiger partial charge in [-0.3, -0.25) is 10.1 Å². The van der Waals surface area contributed by atoms with E-state index in [-0.39, 0.29) is 17.3 Å². The van der Waals surface area contributed by atoms with Crippen LogP contribution in [-0.2, 0) is 17.4 Å². The number of carbonyl (C=O) groups is 1. The predicted octanol–water partition coefficient (Wildman–Crippen LogP) is 3.89. The van der Waals surface area contributed by atoms with Gasteiger partial charge in [0.15, 0.2) is 28.9 Å². The van der Waals surface area contributed by atoms with Crippen molar-refractivity contribution in [3.63, 3.8) is 0 Å². The molecule has 1 aromatic heterocycles. The molecule has 1 aromatic carbocycles. The third kappa shape index (κ3) is 4.04. The van der Waals surface area contributed by atoms with E-state index in [0.29, 0.717) is 22.8 Å². The van der Waals surface area contributed by atoms with E-state index >= 15 is 0 Å². The normalized spacial score (nSPS) is 15.4. The molecule has 0 spiro atoms. The van der Waals surface area contributed by atoms with Gasteiger partial charge in [0.25, 0.3) is 5.91 Å². The Hall–Kier alpha value is -2.29. The van der Waals surface area contributed by atoms with Crippen molar-refractivity contribution in [3.8, 4) is 11.5 Å². The molecular weight excluding hydrogens is 357 g/mol. The summed E-state index contributed by atoms with van der Waals surface area (Å²) < 4.78 is 48.8. The van der Waals surface area contributed by atoms with Gasteiger partial charge >= 0.3 is 6.18 Å². The number of hydrogen-bond acceptors (Lipinski definition) is 5. The molecule has 5 nitrogen and oxygen atoms in total. The van der Waals surface area contributed by atoms with E-state index in [4.69, 9.17) is 9.47 Å². The molecule has 25 heavy (non-hydrogen) atoms. The number of thiazole rings is 1. The third-order valence-electron chi connectivity index (χ3n) is 3.45. The molecule has 9 heteroatoms. The molecule has 0 saturated carbocycles. The highest BCUT2D eigenvalue weighted by molar-refractivity contribution is 7.13. The molecule has 3 rings (SSSR count). The fourth-order valence-electron chi connectivity index (χ4n) is 2.46. The second-order valence-electron chi connectivity index (χ2n) is 6.16. The number of carbonyl (C=O) groups excluding carboxylic acids is 1. The Morgan fingerprint density at radius 1 is 1.44 bits per heavy atom. The van der Waals surface area contributed by atoms with Crippen LogP contribution >= 0.6 is 11.3 Å². The van der Waals surface area contributed by atoms with Crippen LogP contribution in [0.4, 0.5) is 18.3 Å². The zero-order valence-corrected chi connectivity index (χ0v) is 14.3. The SMILES string of the molecule is CC1(C)Cc2cccc(OCC(=O)Nc3nc(C(F)(F)F)cs3)c2O1. The van der Waals surface area contributed by atoms with Gasteiger partial charge in [-0.2, -0.15) is 13.2 Å². The number of rotatable bonds is 4. The monoisotopic (exact) mass is 372 g/mol. The first-order chi connectivity index (χ1) is 11.6. The van der Waals surface area contributed by atoms with E-state index in [9.17, 15) is 18.0 Å². The molecule has 0 fully saturated rings. The smallest absolute Gasteiger partial charge is 0.434 e. The fraction of sp³-hybridized carbons (Fsp3) is 0.375. The molecule has 1 aliphatic rings. The number of fused-ring (bicyclic) bond motifs is 1. The quantitative estimate of drug-likeness (QED) is 0.885. The zero-order chi connectivity index (χ0) is 18.2. The molecular formula is C16H15F3N2O3S. The van der Waals surface area contributed by atoms with Crippen LogP contribution in [-0.4, -0.2) is 23.1 Å². The number of alkyl halides is 3. The minimum Gasteiger partial charge on any atom is -0.483 e. The van der Waals surface area contributed by atoms with E-state index in [2.05, 4.69) is 10.3 Å². The van der Waals surface area contributed by atoms with Crippen molar-refractivity contribution in [1.29, 1.82) is 0 Å². The largest absolute Gasteiger partial charge is 0.483 e. The number of anilines is 1. The highest BCUT2D eigenvalue weighted by Crippen LogP contribution is 2.41. The number of nitrogens with zero attached hydrogens (tertiary/aromatic N) is 1. The Morgan fingerprint density at radius 3 is 2.88 bits per heavy atom. The minimum atomic E-state index is -4.54. The van der Waals surface area contributed by atoms with Crippen molar-refractivity contribution in [3.05, 3.63) is 34.8 Å². The van der Waals surface area contributed by atoms with Crippen molar-refractivity contribution >= 4 is 22.4 Å². The van der Waals surface area contributed by atoms with E-state index in [0.717, 1.165) is 17.4 Å². The second kappa shape index (κ2) is 6.21. The maximum Gasteiger partial charge on any atom is 0.434 e. The van der Waals surface area contributed by atoms with Crippen LogP contribution in [0.15, 0.2) is 23.6 Å². The van der Waals surface area contributed by atoms with E-state index in [1.54, 1.807) is 12.1 Å². The van der Waals surface area contributed by atoms with Crippen molar-refractivity contribution in [1.82, 2.24) is 4.98 Å². The van der Waals surface area contributed by atoms with E-state index in [1.165, 1.54) is 0 Å². The molecule has 0 atom stereocenters. The minimum absolute atomic E-state index is 0.128. The summed E-state index contributed by atoms with van der Waals surface area (Å²) in [5.74, 6) is 0.417. The molecule has 1 N–H and O–H groups in total. The Kier molecular flexibility index (Phi) is 4.36. The number of amides is 1. The van der Waals surface area contributed by atoms with Crippen molar-refractivity contribution in [2.75, 3.05) is 11.9 Å². The van der Waals surface area contributed by atoms with Gasteiger partial charge in [-0.05, 0) is 19.9 Å². The Bertz CT molecular complexity index is 802. The number of ether oxygens (including phenoxy) is 2. The van der Waals surface area contributed by atoms with Crippen molar-refractivity contribution in [2.45, 2.75) is 32.0 Å². The highest BCUT2D eigenvalue weighted by atomic mass is 32.1. The van der Waals surface area contributed by atoms with Crippen LogP contribution in [0, 0.1) is 0 Å². The average molecular weight is 372 g/mol. The van der Waals surface area contributed by atoms with Gasteiger partial charge in [0.05, 0.1) is 0 Å². The van der Waals surface area contributed by atoms with Gasteiger partial charge in [0.2, 0.25) is 0 Å². The zero-order valence-electron chi connectivity index (χ0n) is 13.4. The lowest BCUT2D eigenvalue weighted by atomic mass is 10.0. The van der Waals surface area contributed by atoms with Gasteiger partial charge in [0, 0.05) is 17.4 Å². The van der Waals surface area contributed by atoms with Crippen molar-refractivity contribution in [2.24, 2.45) is 0 Å². The maximum absolute atomic E-state index is 12.5. The molecule has 2 heterocycles. The number of nitrogens with one attached hydrogen (secondary N) is 1. The fourth-order valence-corrected chi connectivity index (χ4v) is 3.19. The molecule has 0 bridgehead atoms. The summed E-state index contributed by atoms with van der Waals surface area (Å²) in [4.78, 5) is 15.2. The standard InChI is InChI=1S/C16H15F3N2O3S/c1-15(2)6-9-4-3-5-10(13(9)24-15)23-7-12(22)21-14-20-11(8-25-14)16(17,18)19/h3-5,8H,6-7H2,1-2H3,(H,20,21,22). The Morgan fingerprint density at radius 2 is 2.20 bits per heavy atom. The van der Waals surface area contributed by atoms with E-state index < -0.39 is 17.8 Å². The summed E-state index contributed by atoms with van der Waals surface area (Å²) in [7, 11) is 0. The summed E-state index contributed by atoms with van der Waals surface area (Å²) in [5.41, 5.74) is -0.401. The molecule has 0 radical (unpaired) electrons. The lowest BCUT2D eigenvalue weighted by Gasteiger charge is -2.18. The van der Waals surface area contributed by atoms with Crippen LogP contribution in [0.3, 0.4) is 0 Å².